The molecule has 11 heteroatoms. The van der Waals surface area contributed by atoms with E-state index in [0.29, 0.717) is 18.7 Å². The van der Waals surface area contributed by atoms with Gasteiger partial charge < -0.3 is 32.6 Å². The van der Waals surface area contributed by atoms with Crippen molar-refractivity contribution in [3.05, 3.63) is 18.2 Å². The maximum atomic E-state index is 11.9. The quantitative estimate of drug-likeness (QED) is 0.175. The van der Waals surface area contributed by atoms with Gasteiger partial charge in [0.1, 0.15) is 6.04 Å². The molecule has 0 aromatic carbocycles. The number of rotatable bonds is 9. The van der Waals surface area contributed by atoms with Crippen LogP contribution in [0.3, 0.4) is 0 Å². The Labute approximate surface area is 139 Å². The van der Waals surface area contributed by atoms with Gasteiger partial charge in [0, 0.05) is 24.9 Å². The van der Waals surface area contributed by atoms with Crippen molar-refractivity contribution in [2.24, 2.45) is 22.2 Å². The Bertz CT molecular complexity index is 517. The lowest BCUT2D eigenvalue weighted by atomic mass is 10.1. The van der Waals surface area contributed by atoms with E-state index in [1.54, 1.807) is 6.20 Å². The molecule has 23 heavy (non-hydrogen) atoms. The average molecular weight is 348 g/mol. The van der Waals surface area contributed by atoms with Crippen LogP contribution in [0, 0.1) is 0 Å². The van der Waals surface area contributed by atoms with Gasteiger partial charge in [-0.05, 0) is 12.8 Å². The summed E-state index contributed by atoms with van der Waals surface area (Å²) in [5, 5.41) is 11.5. The highest BCUT2D eigenvalue weighted by Gasteiger charge is 2.23. The summed E-state index contributed by atoms with van der Waals surface area (Å²) in [4.78, 5) is 33.5. The Morgan fingerprint density at radius 2 is 2.13 bits per heavy atom. The van der Waals surface area contributed by atoms with Gasteiger partial charge in [-0.2, -0.15) is 0 Å². The van der Waals surface area contributed by atoms with Crippen molar-refractivity contribution in [3.63, 3.8) is 0 Å². The number of H-pyrrole nitrogens is 1. The van der Waals surface area contributed by atoms with Crippen molar-refractivity contribution < 1.29 is 14.7 Å². The van der Waals surface area contributed by atoms with Gasteiger partial charge in [-0.1, -0.05) is 0 Å². The van der Waals surface area contributed by atoms with Gasteiger partial charge in [-0.3, -0.25) is 9.79 Å². The summed E-state index contributed by atoms with van der Waals surface area (Å²) in [6, 6.07) is -1.89. The van der Waals surface area contributed by atoms with Gasteiger partial charge in [0.25, 0.3) is 0 Å². The van der Waals surface area contributed by atoms with E-state index in [1.807, 2.05) is 0 Å². The van der Waals surface area contributed by atoms with Crippen LogP contribution in [0.15, 0.2) is 17.5 Å². The van der Waals surface area contributed by atoms with Crippen LogP contribution < -0.4 is 22.5 Å². The molecule has 1 aromatic rings. The number of nitrogens with two attached hydrogens (primary N) is 3. The number of halogens is 1. The molecular weight excluding hydrogens is 326 g/mol. The second-order valence-corrected chi connectivity index (χ2v) is 4.74. The zero-order valence-electron chi connectivity index (χ0n) is 12.4. The van der Waals surface area contributed by atoms with E-state index in [0.717, 1.165) is 0 Å². The molecule has 10 nitrogen and oxygen atoms in total. The molecule has 1 rings (SSSR count). The predicted molar refractivity (Wildman–Crippen MR) is 87.0 cm³/mol. The van der Waals surface area contributed by atoms with Crippen molar-refractivity contribution in [1.82, 2.24) is 15.3 Å². The van der Waals surface area contributed by atoms with Crippen LogP contribution in [0.5, 0.6) is 0 Å². The fourth-order valence-electron chi connectivity index (χ4n) is 1.77. The minimum atomic E-state index is -1.13. The highest BCUT2D eigenvalue weighted by molar-refractivity contribution is 5.87. The molecule has 1 heterocycles. The second-order valence-electron chi connectivity index (χ2n) is 4.74. The molecule has 1 aromatic heterocycles. The minimum absolute atomic E-state index is 0. The van der Waals surface area contributed by atoms with Crippen molar-refractivity contribution in [1.29, 1.82) is 0 Å². The van der Waals surface area contributed by atoms with Gasteiger partial charge >= 0.3 is 5.97 Å². The van der Waals surface area contributed by atoms with E-state index in [-0.39, 0.29) is 31.2 Å². The lowest BCUT2D eigenvalue weighted by Crippen LogP contribution is -2.49. The van der Waals surface area contributed by atoms with E-state index in [1.165, 1.54) is 6.33 Å². The Morgan fingerprint density at radius 1 is 1.43 bits per heavy atom. The number of aliphatic imine (C=N–C) groups is 1. The van der Waals surface area contributed by atoms with Crippen LogP contribution >= 0.6 is 12.4 Å². The third-order valence-corrected chi connectivity index (χ3v) is 2.89. The van der Waals surface area contributed by atoms with Gasteiger partial charge in [0.05, 0.1) is 12.4 Å². The minimum Gasteiger partial charge on any atom is -0.480 e. The first kappa shape index (κ1) is 20.7. The van der Waals surface area contributed by atoms with E-state index < -0.39 is 24.0 Å². The lowest BCUT2D eigenvalue weighted by molar-refractivity contribution is -0.142. The topological polar surface area (TPSA) is 185 Å². The molecule has 0 radical (unpaired) electrons. The van der Waals surface area contributed by atoms with Crippen LogP contribution in [-0.2, 0) is 16.0 Å². The number of hydrogen-bond donors (Lipinski definition) is 6. The number of imidazole rings is 1. The van der Waals surface area contributed by atoms with Crippen LogP contribution in [0.2, 0.25) is 0 Å². The SMILES string of the molecule is Cl.NC(N)=NCCC[C@H](NC(=O)[C@@H](N)Cc1cnc[nH]1)C(=O)O. The molecule has 0 spiro atoms. The highest BCUT2D eigenvalue weighted by Crippen LogP contribution is 2.01. The number of carboxylic acid groups (broad SMARTS) is 1. The largest absolute Gasteiger partial charge is 0.480 e. The number of aromatic amines is 1. The van der Waals surface area contributed by atoms with Gasteiger partial charge in [0.15, 0.2) is 5.96 Å². The van der Waals surface area contributed by atoms with E-state index in [9.17, 15) is 9.59 Å². The number of carbonyl (C=O) groups excluding carboxylic acids is 1. The van der Waals surface area contributed by atoms with Gasteiger partial charge in [-0.15, -0.1) is 12.4 Å². The van der Waals surface area contributed by atoms with Crippen molar-refractivity contribution >= 4 is 30.2 Å². The van der Waals surface area contributed by atoms with E-state index >= 15 is 0 Å². The molecule has 0 aliphatic rings. The molecule has 2 atom stereocenters. The van der Waals surface area contributed by atoms with Crippen LogP contribution in [0.25, 0.3) is 0 Å². The number of aliphatic carboxylic acids is 1. The standard InChI is InChI=1S/C12H21N7O3.ClH/c13-8(4-7-5-16-6-18-7)10(20)19-9(11(21)22)2-1-3-17-12(14)15;/h5-6,8-9H,1-4,13H2,(H,16,18)(H,19,20)(H,21,22)(H4,14,15,17);1H/t8-,9-;/m0./s1. The number of aromatic nitrogens is 2. The zero-order chi connectivity index (χ0) is 16.5. The van der Waals surface area contributed by atoms with E-state index in [2.05, 4.69) is 20.3 Å². The Kier molecular flexibility index (Phi) is 9.35. The van der Waals surface area contributed by atoms with Crippen LogP contribution in [-0.4, -0.2) is 51.5 Å². The molecule has 0 aliphatic carbocycles. The zero-order valence-corrected chi connectivity index (χ0v) is 13.3. The maximum Gasteiger partial charge on any atom is 0.326 e. The Balaban J connectivity index is 0.00000484. The fraction of sp³-hybridized carbons (Fsp3) is 0.500. The number of hydrogen-bond acceptors (Lipinski definition) is 5. The molecule has 0 unspecified atom stereocenters. The summed E-state index contributed by atoms with van der Waals surface area (Å²) in [7, 11) is 0. The van der Waals surface area contributed by atoms with Crippen molar-refractivity contribution in [2.45, 2.75) is 31.3 Å². The summed E-state index contributed by atoms with van der Waals surface area (Å²) in [6.45, 7) is 0.294. The maximum absolute atomic E-state index is 11.9. The molecule has 0 aliphatic heterocycles. The lowest BCUT2D eigenvalue weighted by Gasteiger charge is -2.17. The number of amides is 1. The first-order valence-corrected chi connectivity index (χ1v) is 6.71. The number of nitrogens with one attached hydrogen (secondary N) is 2. The number of nitrogens with zero attached hydrogens (tertiary/aromatic N) is 2. The van der Waals surface area contributed by atoms with Crippen molar-refractivity contribution in [2.75, 3.05) is 6.54 Å². The summed E-state index contributed by atoms with van der Waals surface area (Å²) < 4.78 is 0. The molecule has 9 N–H and O–H groups in total. The third kappa shape index (κ3) is 8.02. The second kappa shape index (κ2) is 10.4. The molecule has 0 fully saturated rings. The van der Waals surface area contributed by atoms with Gasteiger partial charge in [-0.25, -0.2) is 9.78 Å². The molecule has 0 saturated carbocycles. The highest BCUT2D eigenvalue weighted by atomic mass is 35.5. The first-order valence-electron chi connectivity index (χ1n) is 6.71. The number of carbonyl (C=O) groups is 2. The molecule has 1 amide bonds. The van der Waals surface area contributed by atoms with Crippen molar-refractivity contribution in [3.8, 4) is 0 Å². The Hall–Kier alpha value is -2.33. The predicted octanol–water partition coefficient (Wildman–Crippen LogP) is -1.68. The first-order chi connectivity index (χ1) is 10.4. The smallest absolute Gasteiger partial charge is 0.326 e. The Morgan fingerprint density at radius 3 is 2.65 bits per heavy atom. The number of carboxylic acids is 1. The normalized spacial score (nSPS) is 12.6. The van der Waals surface area contributed by atoms with Crippen LogP contribution in [0.1, 0.15) is 18.5 Å². The monoisotopic (exact) mass is 347 g/mol. The molecule has 0 bridgehead atoms. The summed E-state index contributed by atoms with van der Waals surface area (Å²) in [5.41, 5.74) is 16.8. The summed E-state index contributed by atoms with van der Waals surface area (Å²) in [6.07, 6.45) is 3.90. The van der Waals surface area contributed by atoms with E-state index in [4.69, 9.17) is 22.3 Å². The molecular formula is C12H22ClN7O3. The van der Waals surface area contributed by atoms with Crippen LogP contribution in [0.4, 0.5) is 0 Å². The molecule has 0 saturated heterocycles. The summed E-state index contributed by atoms with van der Waals surface area (Å²) >= 11 is 0. The summed E-state index contributed by atoms with van der Waals surface area (Å²) in [5.74, 6) is -1.73. The average Bonchev–Trinajstić information content (AvgIpc) is 2.94. The third-order valence-electron chi connectivity index (χ3n) is 2.89. The van der Waals surface area contributed by atoms with Gasteiger partial charge in [0.2, 0.25) is 5.91 Å². The molecule has 130 valence electrons. The fourth-order valence-corrected chi connectivity index (χ4v) is 1.77. The number of guanidine groups is 1.